The molecule has 1 amide bonds. The molecule has 0 aliphatic carbocycles. The lowest BCUT2D eigenvalue weighted by molar-refractivity contribution is -0.145. The predicted octanol–water partition coefficient (Wildman–Crippen LogP) is 4.58. The van der Waals surface area contributed by atoms with Gasteiger partial charge >= 0.3 is 5.97 Å². The smallest absolute Gasteiger partial charge is 0.307 e. The lowest BCUT2D eigenvalue weighted by Crippen LogP contribution is -2.33. The maximum absolute atomic E-state index is 12.5. The van der Waals surface area contributed by atoms with E-state index in [9.17, 15) is 14.7 Å². The molecule has 0 heterocycles. The van der Waals surface area contributed by atoms with Crippen LogP contribution in [0, 0.1) is 25.7 Å². The van der Waals surface area contributed by atoms with Crippen LogP contribution in [0.25, 0.3) is 0 Å². The van der Waals surface area contributed by atoms with Crippen LogP contribution in [0.1, 0.15) is 23.6 Å². The van der Waals surface area contributed by atoms with E-state index in [-0.39, 0.29) is 5.91 Å². The first-order valence-corrected chi connectivity index (χ1v) is 8.92. The van der Waals surface area contributed by atoms with E-state index in [0.29, 0.717) is 12.1 Å². The largest absolute Gasteiger partial charge is 0.481 e. The lowest BCUT2D eigenvalue weighted by atomic mass is 9.87. The summed E-state index contributed by atoms with van der Waals surface area (Å²) >= 11 is 3.43. The molecule has 2 atom stereocenters. The minimum Gasteiger partial charge on any atom is -0.481 e. The fraction of sp³-hybridized carbons (Fsp3) is 0.300. The van der Waals surface area contributed by atoms with Crippen LogP contribution < -0.4 is 5.32 Å². The van der Waals surface area contributed by atoms with Gasteiger partial charge in [0.15, 0.2) is 0 Å². The molecule has 2 N–H and O–H groups in total. The van der Waals surface area contributed by atoms with E-state index in [1.54, 1.807) is 13.0 Å². The molecule has 0 spiro atoms. The highest BCUT2D eigenvalue weighted by Gasteiger charge is 2.30. The maximum atomic E-state index is 12.5. The number of nitrogens with one attached hydrogen (secondary N) is 1. The van der Waals surface area contributed by atoms with Gasteiger partial charge in [-0.05, 0) is 43.5 Å². The second-order valence-corrected chi connectivity index (χ2v) is 7.23. The van der Waals surface area contributed by atoms with Crippen molar-refractivity contribution in [2.24, 2.45) is 11.8 Å². The van der Waals surface area contributed by atoms with E-state index in [1.165, 1.54) is 0 Å². The molecular weight excluding hydrogens is 382 g/mol. The zero-order valence-electron chi connectivity index (χ0n) is 14.5. The Kier molecular flexibility index (Phi) is 6.37. The molecule has 132 valence electrons. The van der Waals surface area contributed by atoms with Crippen molar-refractivity contribution in [3.63, 3.8) is 0 Å². The quantitative estimate of drug-likeness (QED) is 0.741. The maximum Gasteiger partial charge on any atom is 0.307 e. The summed E-state index contributed by atoms with van der Waals surface area (Å²) in [4.78, 5) is 24.2. The van der Waals surface area contributed by atoms with Gasteiger partial charge in [0.05, 0.1) is 5.92 Å². The fourth-order valence-corrected chi connectivity index (χ4v) is 2.94. The first-order valence-electron chi connectivity index (χ1n) is 8.13. The number of aryl methyl sites for hydroxylation is 2. The summed E-state index contributed by atoms with van der Waals surface area (Å²) in [5, 5.41) is 12.4. The van der Waals surface area contributed by atoms with E-state index in [0.717, 1.165) is 21.2 Å². The Hall–Kier alpha value is -2.14. The molecule has 0 fully saturated rings. The zero-order valence-corrected chi connectivity index (χ0v) is 16.1. The molecule has 0 saturated heterocycles. The normalized spacial score (nSPS) is 13.1. The van der Waals surface area contributed by atoms with Crippen LogP contribution in [0.2, 0.25) is 0 Å². The van der Waals surface area contributed by atoms with E-state index in [1.807, 2.05) is 50.2 Å². The fourth-order valence-electron chi connectivity index (χ4n) is 2.57. The van der Waals surface area contributed by atoms with Gasteiger partial charge in [-0.2, -0.15) is 0 Å². The van der Waals surface area contributed by atoms with E-state index >= 15 is 0 Å². The minimum atomic E-state index is -0.965. The van der Waals surface area contributed by atoms with Crippen LogP contribution in [0.5, 0.6) is 0 Å². The van der Waals surface area contributed by atoms with Gasteiger partial charge in [-0.25, -0.2) is 0 Å². The molecule has 0 bridgehead atoms. The Morgan fingerprint density at radius 2 is 1.76 bits per heavy atom. The SMILES string of the molecule is Cc1ccc(C[C@H](C(=O)O)[C@@H](C)C(=O)Nc2ccc(C)c(Br)c2)cc1. The number of amides is 1. The van der Waals surface area contributed by atoms with Crippen LogP contribution in [0.3, 0.4) is 0 Å². The Bertz CT molecular complexity index is 771. The third kappa shape index (κ3) is 5.16. The molecular formula is C20H22BrNO3. The Labute approximate surface area is 156 Å². The molecule has 0 saturated carbocycles. The van der Waals surface area contributed by atoms with Crippen LogP contribution in [-0.4, -0.2) is 17.0 Å². The predicted molar refractivity (Wildman–Crippen MR) is 103 cm³/mol. The van der Waals surface area contributed by atoms with Gasteiger partial charge in [-0.15, -0.1) is 0 Å². The average molecular weight is 404 g/mol. The highest BCUT2D eigenvalue weighted by atomic mass is 79.9. The number of carboxylic acid groups (broad SMARTS) is 1. The first-order chi connectivity index (χ1) is 11.8. The minimum absolute atomic E-state index is 0.296. The average Bonchev–Trinajstić information content (AvgIpc) is 2.56. The zero-order chi connectivity index (χ0) is 18.6. The summed E-state index contributed by atoms with van der Waals surface area (Å²) in [6.45, 7) is 5.60. The lowest BCUT2D eigenvalue weighted by Gasteiger charge is -2.20. The number of carbonyl (C=O) groups excluding carboxylic acids is 1. The third-order valence-corrected chi connectivity index (χ3v) is 5.20. The van der Waals surface area contributed by atoms with E-state index in [2.05, 4.69) is 21.2 Å². The van der Waals surface area contributed by atoms with Gasteiger partial charge in [0.25, 0.3) is 0 Å². The van der Waals surface area contributed by atoms with Gasteiger partial charge in [0.1, 0.15) is 0 Å². The molecule has 0 radical (unpaired) electrons. The molecule has 0 aromatic heterocycles. The van der Waals surface area contributed by atoms with Gasteiger partial charge in [-0.1, -0.05) is 58.7 Å². The Morgan fingerprint density at radius 1 is 1.12 bits per heavy atom. The summed E-state index contributed by atoms with van der Waals surface area (Å²) < 4.78 is 0.896. The molecule has 0 unspecified atom stereocenters. The van der Waals surface area contributed by atoms with Crippen molar-refractivity contribution in [2.75, 3.05) is 5.32 Å². The van der Waals surface area contributed by atoms with Crippen LogP contribution >= 0.6 is 15.9 Å². The van der Waals surface area contributed by atoms with Crippen molar-refractivity contribution in [1.82, 2.24) is 0 Å². The van der Waals surface area contributed by atoms with Crippen molar-refractivity contribution in [2.45, 2.75) is 27.2 Å². The molecule has 2 aromatic carbocycles. The number of anilines is 1. The van der Waals surface area contributed by atoms with Crippen LogP contribution in [0.15, 0.2) is 46.9 Å². The Balaban J connectivity index is 2.11. The van der Waals surface area contributed by atoms with Crippen molar-refractivity contribution < 1.29 is 14.7 Å². The summed E-state index contributed by atoms with van der Waals surface area (Å²) in [6, 6.07) is 13.2. The summed E-state index contributed by atoms with van der Waals surface area (Å²) in [7, 11) is 0. The van der Waals surface area contributed by atoms with Crippen molar-refractivity contribution in [3.8, 4) is 0 Å². The molecule has 2 rings (SSSR count). The standard InChI is InChI=1S/C20H22BrNO3/c1-12-4-7-15(8-5-12)10-17(20(24)25)14(3)19(23)22-16-9-6-13(2)18(21)11-16/h4-9,11,14,17H,10H2,1-3H3,(H,22,23)(H,24,25)/t14-,17+/m1/s1. The second kappa shape index (κ2) is 8.30. The summed E-state index contributed by atoms with van der Waals surface area (Å²) in [5.41, 5.74) is 3.74. The molecule has 0 aliphatic heterocycles. The second-order valence-electron chi connectivity index (χ2n) is 6.38. The molecule has 5 heteroatoms. The van der Waals surface area contributed by atoms with Gasteiger partial charge in [0.2, 0.25) is 5.91 Å². The van der Waals surface area contributed by atoms with Crippen LogP contribution in [0.4, 0.5) is 5.69 Å². The van der Waals surface area contributed by atoms with Gasteiger partial charge in [0, 0.05) is 16.1 Å². The van der Waals surface area contributed by atoms with E-state index < -0.39 is 17.8 Å². The molecule has 2 aromatic rings. The molecule has 25 heavy (non-hydrogen) atoms. The monoisotopic (exact) mass is 403 g/mol. The number of hydrogen-bond donors (Lipinski definition) is 2. The molecule has 4 nitrogen and oxygen atoms in total. The number of carboxylic acids is 1. The number of benzene rings is 2. The molecule has 0 aliphatic rings. The summed E-state index contributed by atoms with van der Waals surface area (Å²) in [5.74, 6) is -2.70. The topological polar surface area (TPSA) is 66.4 Å². The number of rotatable bonds is 6. The summed E-state index contributed by atoms with van der Waals surface area (Å²) in [6.07, 6.45) is 0.321. The van der Waals surface area contributed by atoms with Crippen molar-refractivity contribution >= 4 is 33.5 Å². The number of carbonyl (C=O) groups is 2. The first kappa shape index (κ1) is 19.2. The van der Waals surface area contributed by atoms with E-state index in [4.69, 9.17) is 0 Å². The number of halogens is 1. The highest BCUT2D eigenvalue weighted by molar-refractivity contribution is 9.10. The van der Waals surface area contributed by atoms with Crippen LogP contribution in [-0.2, 0) is 16.0 Å². The number of aliphatic carboxylic acids is 1. The number of hydrogen-bond acceptors (Lipinski definition) is 2. The van der Waals surface area contributed by atoms with Gasteiger partial charge < -0.3 is 10.4 Å². The Morgan fingerprint density at radius 3 is 2.32 bits per heavy atom. The van der Waals surface area contributed by atoms with Gasteiger partial charge in [-0.3, -0.25) is 9.59 Å². The highest BCUT2D eigenvalue weighted by Crippen LogP contribution is 2.23. The third-order valence-electron chi connectivity index (χ3n) is 4.35. The van der Waals surface area contributed by atoms with Crippen molar-refractivity contribution in [3.05, 3.63) is 63.6 Å². The van der Waals surface area contributed by atoms with Crippen molar-refractivity contribution in [1.29, 1.82) is 0 Å².